The van der Waals surface area contributed by atoms with Crippen LogP contribution in [0.15, 0.2) is 24.3 Å². The van der Waals surface area contributed by atoms with Crippen molar-refractivity contribution >= 4 is 0 Å². The highest BCUT2D eigenvalue weighted by molar-refractivity contribution is 5.39. The molecule has 4 nitrogen and oxygen atoms in total. The molecule has 0 aromatic heterocycles. The third-order valence-electron chi connectivity index (χ3n) is 4.71. The van der Waals surface area contributed by atoms with Crippen molar-refractivity contribution < 1.29 is 4.74 Å². The first-order chi connectivity index (χ1) is 10.3. The standard InChI is InChI=1S/C17H27N3O/c1-14(10-18)11-19-6-8-20(9-7-19)12-15-13-21-17-5-3-2-4-16(15)17/h2-5,14-15H,6-13,18H2,1H3. The van der Waals surface area contributed by atoms with Gasteiger partial charge in [0.1, 0.15) is 5.75 Å². The van der Waals surface area contributed by atoms with Gasteiger partial charge in [0.2, 0.25) is 0 Å². The lowest BCUT2D eigenvalue weighted by molar-refractivity contribution is 0.113. The molecule has 1 saturated heterocycles. The van der Waals surface area contributed by atoms with Gasteiger partial charge in [-0.25, -0.2) is 0 Å². The summed E-state index contributed by atoms with van der Waals surface area (Å²) in [5, 5.41) is 0. The second-order valence-electron chi connectivity index (χ2n) is 6.49. The van der Waals surface area contributed by atoms with Gasteiger partial charge in [-0.1, -0.05) is 25.1 Å². The molecule has 0 saturated carbocycles. The molecule has 21 heavy (non-hydrogen) atoms. The average Bonchev–Trinajstić information content (AvgIpc) is 2.92. The van der Waals surface area contributed by atoms with Crippen molar-refractivity contribution in [2.75, 3.05) is 52.4 Å². The smallest absolute Gasteiger partial charge is 0.122 e. The van der Waals surface area contributed by atoms with E-state index in [1.807, 2.05) is 0 Å². The van der Waals surface area contributed by atoms with Gasteiger partial charge in [0.25, 0.3) is 0 Å². The number of benzene rings is 1. The number of nitrogens with two attached hydrogens (primary N) is 1. The molecular formula is C17H27N3O. The van der Waals surface area contributed by atoms with E-state index in [0.29, 0.717) is 11.8 Å². The molecule has 116 valence electrons. The lowest BCUT2D eigenvalue weighted by Gasteiger charge is -2.36. The topological polar surface area (TPSA) is 41.7 Å². The lowest BCUT2D eigenvalue weighted by Crippen LogP contribution is -2.49. The molecule has 1 aromatic rings. The summed E-state index contributed by atoms with van der Waals surface area (Å²) in [5.41, 5.74) is 7.11. The predicted molar refractivity (Wildman–Crippen MR) is 85.8 cm³/mol. The first-order valence-corrected chi connectivity index (χ1v) is 8.12. The summed E-state index contributed by atoms with van der Waals surface area (Å²) in [6.07, 6.45) is 0. The molecule has 0 bridgehead atoms. The molecule has 2 heterocycles. The Morgan fingerprint density at radius 1 is 1.19 bits per heavy atom. The minimum atomic E-state index is 0.538. The Hall–Kier alpha value is -1.10. The highest BCUT2D eigenvalue weighted by Gasteiger charge is 2.27. The van der Waals surface area contributed by atoms with Gasteiger partial charge in [-0.3, -0.25) is 0 Å². The Kier molecular flexibility index (Phi) is 4.78. The molecule has 2 aliphatic rings. The number of rotatable bonds is 5. The van der Waals surface area contributed by atoms with Gasteiger partial charge in [-0.05, 0) is 18.5 Å². The molecule has 2 unspecified atom stereocenters. The third kappa shape index (κ3) is 3.57. The summed E-state index contributed by atoms with van der Waals surface area (Å²) >= 11 is 0. The molecule has 0 spiro atoms. The Labute approximate surface area is 127 Å². The fourth-order valence-corrected chi connectivity index (χ4v) is 3.36. The van der Waals surface area contributed by atoms with Crippen LogP contribution in [0.4, 0.5) is 0 Å². The van der Waals surface area contributed by atoms with Crippen LogP contribution in [-0.4, -0.2) is 62.2 Å². The van der Waals surface area contributed by atoms with Crippen molar-refractivity contribution in [2.45, 2.75) is 12.8 Å². The molecule has 2 N–H and O–H groups in total. The number of piperazine rings is 1. The van der Waals surface area contributed by atoms with Gasteiger partial charge < -0.3 is 20.3 Å². The number of fused-ring (bicyclic) bond motifs is 1. The van der Waals surface area contributed by atoms with Crippen molar-refractivity contribution in [3.05, 3.63) is 29.8 Å². The maximum absolute atomic E-state index is 5.79. The van der Waals surface area contributed by atoms with Crippen LogP contribution < -0.4 is 10.5 Å². The molecule has 2 aliphatic heterocycles. The van der Waals surface area contributed by atoms with Crippen LogP contribution in [0.5, 0.6) is 5.75 Å². The number of para-hydroxylation sites is 1. The zero-order valence-corrected chi connectivity index (χ0v) is 13.0. The zero-order chi connectivity index (χ0) is 14.7. The molecule has 0 aliphatic carbocycles. The van der Waals surface area contributed by atoms with Crippen molar-refractivity contribution in [1.82, 2.24) is 9.80 Å². The minimum Gasteiger partial charge on any atom is -0.493 e. The third-order valence-corrected chi connectivity index (χ3v) is 4.71. The number of nitrogens with zero attached hydrogens (tertiary/aromatic N) is 2. The quantitative estimate of drug-likeness (QED) is 0.889. The van der Waals surface area contributed by atoms with Crippen molar-refractivity contribution in [2.24, 2.45) is 11.7 Å². The summed E-state index contributed by atoms with van der Waals surface area (Å²) in [7, 11) is 0. The van der Waals surface area contributed by atoms with E-state index in [0.717, 1.165) is 45.1 Å². The molecule has 0 radical (unpaired) electrons. The summed E-state index contributed by atoms with van der Waals surface area (Å²) in [5.74, 6) is 2.22. The van der Waals surface area contributed by atoms with Crippen molar-refractivity contribution in [1.29, 1.82) is 0 Å². The molecule has 2 atom stereocenters. The zero-order valence-electron chi connectivity index (χ0n) is 13.0. The average molecular weight is 289 g/mol. The van der Waals surface area contributed by atoms with E-state index in [2.05, 4.69) is 41.0 Å². The number of hydrogen-bond donors (Lipinski definition) is 1. The Balaban J connectivity index is 1.48. The highest BCUT2D eigenvalue weighted by atomic mass is 16.5. The summed E-state index contributed by atoms with van der Waals surface area (Å²) in [6.45, 7) is 10.8. The van der Waals surface area contributed by atoms with Crippen LogP contribution >= 0.6 is 0 Å². The molecule has 3 rings (SSSR count). The summed E-state index contributed by atoms with van der Waals surface area (Å²) < 4.78 is 5.79. The Morgan fingerprint density at radius 2 is 1.90 bits per heavy atom. The molecule has 1 aromatic carbocycles. The van der Waals surface area contributed by atoms with Gasteiger partial charge in [0.15, 0.2) is 0 Å². The van der Waals surface area contributed by atoms with E-state index in [1.54, 1.807) is 0 Å². The van der Waals surface area contributed by atoms with Crippen molar-refractivity contribution in [3.63, 3.8) is 0 Å². The van der Waals surface area contributed by atoms with E-state index in [9.17, 15) is 0 Å². The van der Waals surface area contributed by atoms with Gasteiger partial charge in [-0.15, -0.1) is 0 Å². The van der Waals surface area contributed by atoms with E-state index in [1.165, 1.54) is 18.7 Å². The predicted octanol–water partition coefficient (Wildman–Crippen LogP) is 1.38. The molecule has 4 heteroatoms. The SMILES string of the molecule is CC(CN)CN1CCN(CC2COc3ccccc32)CC1. The van der Waals surface area contributed by atoms with E-state index < -0.39 is 0 Å². The van der Waals surface area contributed by atoms with Crippen LogP contribution in [0.3, 0.4) is 0 Å². The minimum absolute atomic E-state index is 0.538. The molecule has 1 fully saturated rings. The van der Waals surface area contributed by atoms with Gasteiger partial charge >= 0.3 is 0 Å². The highest BCUT2D eigenvalue weighted by Crippen LogP contribution is 2.33. The number of ether oxygens (including phenoxy) is 1. The fraction of sp³-hybridized carbons (Fsp3) is 0.647. The fourth-order valence-electron chi connectivity index (χ4n) is 3.36. The molecule has 0 amide bonds. The van der Waals surface area contributed by atoms with E-state index in [-0.39, 0.29) is 0 Å². The Bertz CT molecular complexity index is 457. The number of hydrogen-bond acceptors (Lipinski definition) is 4. The van der Waals surface area contributed by atoms with Crippen LogP contribution in [0.1, 0.15) is 18.4 Å². The van der Waals surface area contributed by atoms with E-state index in [4.69, 9.17) is 10.5 Å². The van der Waals surface area contributed by atoms with Crippen LogP contribution in [-0.2, 0) is 0 Å². The van der Waals surface area contributed by atoms with Crippen LogP contribution in [0.25, 0.3) is 0 Å². The lowest BCUT2D eigenvalue weighted by atomic mass is 10.0. The first kappa shape index (κ1) is 14.8. The second-order valence-corrected chi connectivity index (χ2v) is 6.49. The largest absolute Gasteiger partial charge is 0.493 e. The molecular weight excluding hydrogens is 262 g/mol. The summed E-state index contributed by atoms with van der Waals surface area (Å²) in [4.78, 5) is 5.13. The van der Waals surface area contributed by atoms with Gasteiger partial charge in [-0.2, -0.15) is 0 Å². The van der Waals surface area contributed by atoms with Crippen molar-refractivity contribution in [3.8, 4) is 5.75 Å². The second kappa shape index (κ2) is 6.77. The van der Waals surface area contributed by atoms with Crippen LogP contribution in [0.2, 0.25) is 0 Å². The Morgan fingerprint density at radius 3 is 2.67 bits per heavy atom. The normalized spacial score (nSPS) is 24.6. The van der Waals surface area contributed by atoms with Crippen LogP contribution in [0, 0.1) is 5.92 Å². The maximum Gasteiger partial charge on any atom is 0.122 e. The maximum atomic E-state index is 5.79. The van der Waals surface area contributed by atoms with E-state index >= 15 is 0 Å². The monoisotopic (exact) mass is 289 g/mol. The van der Waals surface area contributed by atoms with Gasteiger partial charge in [0.05, 0.1) is 6.61 Å². The summed E-state index contributed by atoms with van der Waals surface area (Å²) in [6, 6.07) is 8.47. The first-order valence-electron chi connectivity index (χ1n) is 8.12. The van der Waals surface area contributed by atoms with Gasteiger partial charge in [0, 0.05) is 50.7 Å².